The van der Waals surface area contributed by atoms with E-state index in [1.165, 1.54) is 38.5 Å². The summed E-state index contributed by atoms with van der Waals surface area (Å²) in [5.74, 6) is 0.254. The summed E-state index contributed by atoms with van der Waals surface area (Å²) in [5.41, 5.74) is 0. The largest absolute Gasteiger partial charge is 0.395 e. The number of unbranched alkanes of at least 4 members (excludes halogenated alkanes) is 5. The minimum Gasteiger partial charge on any atom is -0.395 e. The number of aliphatic hydroxyl groups is 1. The highest BCUT2D eigenvalue weighted by molar-refractivity contribution is 5.76. The van der Waals surface area contributed by atoms with Gasteiger partial charge >= 0.3 is 0 Å². The van der Waals surface area contributed by atoms with Gasteiger partial charge in [0.15, 0.2) is 0 Å². The van der Waals surface area contributed by atoms with Crippen LogP contribution in [-0.4, -0.2) is 35.1 Å². The molecular formula is C15H29NO2. The van der Waals surface area contributed by atoms with Crippen LogP contribution in [0.4, 0.5) is 0 Å². The Balaban J connectivity index is 2.12. The zero-order chi connectivity index (χ0) is 13.2. The fraction of sp³-hybridized carbons (Fsp3) is 0.933. The molecule has 0 atom stereocenters. The SMILES string of the molecule is CCCCCCCCC(=O)N(CCO)C1CCC1. The molecule has 106 valence electrons. The molecular weight excluding hydrogens is 226 g/mol. The van der Waals surface area contributed by atoms with Crippen LogP contribution in [0.15, 0.2) is 0 Å². The van der Waals surface area contributed by atoms with Gasteiger partial charge in [0.25, 0.3) is 0 Å². The monoisotopic (exact) mass is 255 g/mol. The highest BCUT2D eigenvalue weighted by Crippen LogP contribution is 2.25. The number of hydrogen-bond acceptors (Lipinski definition) is 2. The predicted octanol–water partition coefficient (Wildman–Crippen LogP) is 3.11. The Kier molecular flexibility index (Phi) is 8.06. The number of rotatable bonds is 10. The van der Waals surface area contributed by atoms with Crippen molar-refractivity contribution in [3.63, 3.8) is 0 Å². The molecule has 3 heteroatoms. The van der Waals surface area contributed by atoms with Crippen molar-refractivity contribution in [1.29, 1.82) is 0 Å². The third kappa shape index (κ3) is 5.38. The van der Waals surface area contributed by atoms with E-state index in [4.69, 9.17) is 5.11 Å². The summed E-state index contributed by atoms with van der Waals surface area (Å²) in [4.78, 5) is 14.0. The normalized spacial score (nSPS) is 15.4. The molecule has 0 aromatic carbocycles. The van der Waals surface area contributed by atoms with Crippen molar-refractivity contribution in [2.45, 2.75) is 77.2 Å². The first-order chi connectivity index (χ1) is 8.79. The van der Waals surface area contributed by atoms with Crippen molar-refractivity contribution < 1.29 is 9.90 Å². The van der Waals surface area contributed by atoms with Gasteiger partial charge in [0.2, 0.25) is 5.91 Å². The van der Waals surface area contributed by atoms with Crippen LogP contribution < -0.4 is 0 Å². The Morgan fingerprint density at radius 1 is 1.17 bits per heavy atom. The van der Waals surface area contributed by atoms with Gasteiger partial charge in [-0.05, 0) is 25.7 Å². The van der Waals surface area contributed by atoms with Gasteiger partial charge in [0.05, 0.1) is 6.61 Å². The highest BCUT2D eigenvalue weighted by Gasteiger charge is 2.27. The van der Waals surface area contributed by atoms with Crippen LogP contribution in [0.25, 0.3) is 0 Å². The predicted molar refractivity (Wildman–Crippen MR) is 74.4 cm³/mol. The molecule has 1 N–H and O–H groups in total. The fourth-order valence-corrected chi connectivity index (χ4v) is 2.52. The summed E-state index contributed by atoms with van der Waals surface area (Å²) < 4.78 is 0. The third-order valence-corrected chi connectivity index (χ3v) is 3.92. The number of nitrogens with zero attached hydrogens (tertiary/aromatic N) is 1. The van der Waals surface area contributed by atoms with Crippen molar-refractivity contribution in [3.8, 4) is 0 Å². The Labute approximate surface area is 112 Å². The van der Waals surface area contributed by atoms with Gasteiger partial charge in [0.1, 0.15) is 0 Å². The molecule has 0 radical (unpaired) electrons. The molecule has 18 heavy (non-hydrogen) atoms. The molecule has 0 unspecified atom stereocenters. The van der Waals surface area contributed by atoms with Crippen molar-refractivity contribution >= 4 is 5.91 Å². The van der Waals surface area contributed by atoms with Crippen LogP contribution in [0.1, 0.15) is 71.1 Å². The Bertz CT molecular complexity index is 227. The summed E-state index contributed by atoms with van der Waals surface area (Å²) in [7, 11) is 0. The average molecular weight is 255 g/mol. The molecule has 0 heterocycles. The molecule has 1 saturated carbocycles. The first-order valence-electron chi connectivity index (χ1n) is 7.70. The lowest BCUT2D eigenvalue weighted by molar-refractivity contribution is -0.136. The maximum absolute atomic E-state index is 12.1. The van der Waals surface area contributed by atoms with E-state index in [0.717, 1.165) is 19.3 Å². The first-order valence-corrected chi connectivity index (χ1v) is 7.70. The van der Waals surface area contributed by atoms with Crippen LogP contribution in [0.5, 0.6) is 0 Å². The van der Waals surface area contributed by atoms with E-state index in [0.29, 0.717) is 19.0 Å². The van der Waals surface area contributed by atoms with Crippen molar-refractivity contribution in [3.05, 3.63) is 0 Å². The zero-order valence-electron chi connectivity index (χ0n) is 11.9. The van der Waals surface area contributed by atoms with Crippen molar-refractivity contribution in [2.24, 2.45) is 0 Å². The Morgan fingerprint density at radius 3 is 2.39 bits per heavy atom. The summed E-state index contributed by atoms with van der Waals surface area (Å²) in [6.07, 6.45) is 11.5. The van der Waals surface area contributed by atoms with Crippen LogP contribution in [-0.2, 0) is 4.79 Å². The Morgan fingerprint density at radius 2 is 1.83 bits per heavy atom. The summed E-state index contributed by atoms with van der Waals surface area (Å²) >= 11 is 0. The molecule has 0 spiro atoms. The van der Waals surface area contributed by atoms with E-state index in [9.17, 15) is 4.79 Å². The number of carbonyl (C=O) groups excluding carboxylic acids is 1. The topological polar surface area (TPSA) is 40.5 Å². The first kappa shape index (κ1) is 15.5. The summed E-state index contributed by atoms with van der Waals surface area (Å²) in [5, 5.41) is 9.03. The maximum Gasteiger partial charge on any atom is 0.222 e. The number of carbonyl (C=O) groups is 1. The molecule has 0 bridgehead atoms. The third-order valence-electron chi connectivity index (χ3n) is 3.92. The number of aliphatic hydroxyl groups excluding tert-OH is 1. The second-order valence-electron chi connectivity index (χ2n) is 5.41. The lowest BCUT2D eigenvalue weighted by Gasteiger charge is -2.37. The second kappa shape index (κ2) is 9.37. The van der Waals surface area contributed by atoms with Crippen LogP contribution >= 0.6 is 0 Å². The van der Waals surface area contributed by atoms with Gasteiger partial charge in [-0.15, -0.1) is 0 Å². The van der Waals surface area contributed by atoms with E-state index in [2.05, 4.69) is 6.92 Å². The summed E-state index contributed by atoms with van der Waals surface area (Å²) in [6, 6.07) is 0.421. The van der Waals surface area contributed by atoms with Crippen molar-refractivity contribution in [2.75, 3.05) is 13.2 Å². The highest BCUT2D eigenvalue weighted by atomic mass is 16.3. The minimum atomic E-state index is 0.0960. The van der Waals surface area contributed by atoms with Gasteiger partial charge < -0.3 is 10.0 Å². The number of amides is 1. The number of hydrogen-bond donors (Lipinski definition) is 1. The average Bonchev–Trinajstić information content (AvgIpc) is 2.30. The van der Waals surface area contributed by atoms with E-state index in [-0.39, 0.29) is 12.5 Å². The zero-order valence-corrected chi connectivity index (χ0v) is 11.9. The van der Waals surface area contributed by atoms with E-state index in [1.807, 2.05) is 4.90 Å². The molecule has 0 aromatic heterocycles. The van der Waals surface area contributed by atoms with Crippen LogP contribution in [0.3, 0.4) is 0 Å². The van der Waals surface area contributed by atoms with Gasteiger partial charge in [-0.2, -0.15) is 0 Å². The maximum atomic E-state index is 12.1. The van der Waals surface area contributed by atoms with Gasteiger partial charge in [0, 0.05) is 19.0 Å². The lowest BCUT2D eigenvalue weighted by Crippen LogP contribution is -2.45. The van der Waals surface area contributed by atoms with Gasteiger partial charge in [-0.3, -0.25) is 4.79 Å². The summed E-state index contributed by atoms with van der Waals surface area (Å²) in [6.45, 7) is 2.84. The van der Waals surface area contributed by atoms with E-state index >= 15 is 0 Å². The molecule has 0 aliphatic heterocycles. The molecule has 1 aliphatic carbocycles. The second-order valence-corrected chi connectivity index (χ2v) is 5.41. The molecule has 0 saturated heterocycles. The molecule has 1 rings (SSSR count). The lowest BCUT2D eigenvalue weighted by atomic mass is 9.91. The molecule has 3 nitrogen and oxygen atoms in total. The van der Waals surface area contributed by atoms with Gasteiger partial charge in [-0.25, -0.2) is 0 Å². The molecule has 1 fully saturated rings. The fourth-order valence-electron chi connectivity index (χ4n) is 2.52. The van der Waals surface area contributed by atoms with Crippen molar-refractivity contribution in [1.82, 2.24) is 4.90 Å². The standard InChI is InChI=1S/C15H29NO2/c1-2-3-4-5-6-7-11-15(18)16(12-13-17)14-9-8-10-14/h14,17H,2-13H2,1H3. The molecule has 0 aromatic rings. The minimum absolute atomic E-state index is 0.0960. The van der Waals surface area contributed by atoms with Crippen LogP contribution in [0, 0.1) is 0 Å². The van der Waals surface area contributed by atoms with Crippen LogP contribution in [0.2, 0.25) is 0 Å². The Hall–Kier alpha value is -0.570. The molecule has 1 aliphatic rings. The smallest absolute Gasteiger partial charge is 0.222 e. The molecule has 1 amide bonds. The van der Waals surface area contributed by atoms with E-state index < -0.39 is 0 Å². The van der Waals surface area contributed by atoms with E-state index in [1.54, 1.807) is 0 Å². The quantitative estimate of drug-likeness (QED) is 0.609. The van der Waals surface area contributed by atoms with Gasteiger partial charge in [-0.1, -0.05) is 39.0 Å².